The SMILES string of the molecule is CC(=O)OC[C@@H]1O[C@@H]([n+]2ccc(C(=O)NCCCCCC[n+]3cc(CCCCCCNCc4ccc5c(c4)OCCOCCOCCOc4ccccc4OCCOCCOCCO5)n(C)n3)cc2)[C@H](OC(C)=O)[C@H](OC(C)=O)[C@H]1OC(C)=O. The lowest BCUT2D eigenvalue weighted by Crippen LogP contribution is -2.65. The number of carbonyl (C=O) groups excluding carboxylic acids is 5. The average Bonchev–Trinajstić information content (AvgIpc) is 1.41. The number of carbonyl (C=O) groups is 5. The van der Waals surface area contributed by atoms with Gasteiger partial charge >= 0.3 is 30.1 Å². The number of nitrogens with zero attached hydrogens (tertiary/aromatic N) is 4. The van der Waals surface area contributed by atoms with Crippen LogP contribution in [-0.2, 0) is 88.4 Å². The standard InChI is InChI=1S/C60H85N6O18/c1-44(67)80-43-55-56(81-45(2)68)57(82-46(3)69)58(83-47(4)70)60(84-55)65-26-21-49(22-27-65)59(71)62-24-14-8-9-15-25-66-42-50(64(5)63-66)16-10-6-7-13-23-61-41-48-19-20-53-54(40-48)79-39-35-75-31-30-73-33-37-77-52-18-12-11-17-51(52)76-36-32-72-28-29-74-34-38-78-53/h11-12,17-22,26-27,40,42,55-58,60-61H,6-10,13-16,23-25,28-39,41,43H2,1-5H3/q+1/p+1/t55-,56-,57+,58+,60+/m0/s1. The molecule has 1 fully saturated rings. The van der Waals surface area contributed by atoms with E-state index in [0.29, 0.717) is 121 Å². The Kier molecular flexibility index (Phi) is 29.4. The van der Waals surface area contributed by atoms with E-state index in [4.69, 9.17) is 66.8 Å². The number of pyridine rings is 1. The van der Waals surface area contributed by atoms with Gasteiger partial charge in [0.15, 0.2) is 59.5 Å². The van der Waals surface area contributed by atoms with Gasteiger partial charge in [-0.05, 0) is 68.5 Å². The highest BCUT2D eigenvalue weighted by atomic mass is 16.7. The summed E-state index contributed by atoms with van der Waals surface area (Å²) < 4.78 is 80.3. The minimum Gasteiger partial charge on any atom is -0.487 e. The van der Waals surface area contributed by atoms with Crippen LogP contribution in [0.4, 0.5) is 0 Å². The second-order valence-electron chi connectivity index (χ2n) is 20.1. The lowest BCUT2D eigenvalue weighted by molar-refractivity contribution is -0.777. The van der Waals surface area contributed by atoms with Crippen LogP contribution in [-0.4, -0.2) is 163 Å². The van der Waals surface area contributed by atoms with Crippen LogP contribution in [0.3, 0.4) is 0 Å². The molecule has 84 heavy (non-hydrogen) atoms. The molecule has 24 heteroatoms. The molecule has 2 aromatic carbocycles. The van der Waals surface area contributed by atoms with Gasteiger partial charge in [0.2, 0.25) is 6.10 Å². The molecule has 6 rings (SSSR count). The molecule has 0 spiro atoms. The molecule has 462 valence electrons. The number of amides is 1. The second kappa shape index (κ2) is 37.4. The molecule has 2 N–H and O–H groups in total. The zero-order valence-corrected chi connectivity index (χ0v) is 49.3. The quantitative estimate of drug-likeness (QED) is 0.0451. The fourth-order valence-electron chi connectivity index (χ4n) is 9.32. The third-order valence-electron chi connectivity index (χ3n) is 13.3. The average molecular weight is 1180 g/mol. The van der Waals surface area contributed by atoms with Crippen molar-refractivity contribution in [1.82, 2.24) is 20.5 Å². The fraction of sp³-hybridized carbons (Fsp3) is 0.600. The van der Waals surface area contributed by atoms with Crippen molar-refractivity contribution in [1.29, 1.82) is 0 Å². The topological polar surface area (TPSA) is 255 Å². The summed E-state index contributed by atoms with van der Waals surface area (Å²) in [6.45, 7) is 12.1. The Labute approximate surface area is 491 Å². The Bertz CT molecular complexity index is 2620. The predicted molar refractivity (Wildman–Crippen MR) is 300 cm³/mol. The highest BCUT2D eigenvalue weighted by molar-refractivity contribution is 5.93. The van der Waals surface area contributed by atoms with Crippen molar-refractivity contribution in [2.75, 3.05) is 99.0 Å². The summed E-state index contributed by atoms with van der Waals surface area (Å²) in [4.78, 5) is 61.4. The molecule has 2 aromatic heterocycles. The normalized spacial score (nSPS) is 19.4. The Morgan fingerprint density at radius 1 is 0.583 bits per heavy atom. The smallest absolute Gasteiger partial charge is 0.304 e. The molecule has 0 aliphatic carbocycles. The monoisotopic (exact) mass is 1180 g/mol. The number of benzene rings is 2. The summed E-state index contributed by atoms with van der Waals surface area (Å²) in [6.07, 6.45) is 8.12. The van der Waals surface area contributed by atoms with Gasteiger partial charge < -0.3 is 72.2 Å². The minimum absolute atomic E-state index is 0.276. The first-order valence-corrected chi connectivity index (χ1v) is 29.1. The number of fused-ring (bicyclic) bond motifs is 2. The molecule has 5 atom stereocenters. The molecule has 0 radical (unpaired) electrons. The van der Waals surface area contributed by atoms with Crippen LogP contribution in [0.5, 0.6) is 23.0 Å². The number of nitrogens with one attached hydrogen (secondary N) is 2. The first-order chi connectivity index (χ1) is 40.8. The van der Waals surface area contributed by atoms with E-state index in [0.717, 1.165) is 90.3 Å². The van der Waals surface area contributed by atoms with E-state index in [1.807, 2.05) is 52.8 Å². The van der Waals surface area contributed by atoms with Crippen molar-refractivity contribution in [2.24, 2.45) is 7.05 Å². The number of aromatic nitrogens is 4. The van der Waals surface area contributed by atoms with Crippen molar-refractivity contribution in [3.05, 3.63) is 90.0 Å². The molecular formula is C60H86N6O18+2. The molecule has 0 saturated carbocycles. The number of hydrogen-bond donors (Lipinski definition) is 2. The summed E-state index contributed by atoms with van der Waals surface area (Å²) in [5.74, 6) is -0.433. The van der Waals surface area contributed by atoms with Gasteiger partial charge in [-0.1, -0.05) is 37.5 Å². The minimum atomic E-state index is -1.32. The van der Waals surface area contributed by atoms with Gasteiger partial charge in [0.25, 0.3) is 5.91 Å². The van der Waals surface area contributed by atoms with Crippen molar-refractivity contribution < 1.29 is 94.8 Å². The van der Waals surface area contributed by atoms with E-state index in [-0.39, 0.29) is 12.5 Å². The van der Waals surface area contributed by atoms with E-state index in [9.17, 15) is 24.0 Å². The van der Waals surface area contributed by atoms with Crippen molar-refractivity contribution >= 4 is 29.8 Å². The van der Waals surface area contributed by atoms with Gasteiger partial charge in [-0.2, -0.15) is 4.57 Å². The van der Waals surface area contributed by atoms with Gasteiger partial charge in [-0.15, -0.1) is 9.36 Å². The van der Waals surface area contributed by atoms with Crippen LogP contribution in [0, 0.1) is 0 Å². The van der Waals surface area contributed by atoms with Crippen LogP contribution in [0.25, 0.3) is 0 Å². The van der Waals surface area contributed by atoms with E-state index in [1.54, 1.807) is 24.5 Å². The lowest BCUT2D eigenvalue weighted by atomic mass is 9.97. The largest absolute Gasteiger partial charge is 0.487 e. The number of ether oxygens (including phenoxy) is 13. The maximum atomic E-state index is 13.1. The molecule has 1 saturated heterocycles. The molecule has 1 amide bonds. The van der Waals surface area contributed by atoms with Crippen molar-refractivity contribution in [3.63, 3.8) is 0 Å². The van der Waals surface area contributed by atoms with Gasteiger partial charge in [-0.25, -0.2) is 0 Å². The van der Waals surface area contributed by atoms with E-state index in [1.165, 1.54) is 24.1 Å². The lowest BCUT2D eigenvalue weighted by Gasteiger charge is -2.41. The molecule has 0 unspecified atom stereocenters. The van der Waals surface area contributed by atoms with Gasteiger partial charge in [0.05, 0.1) is 63.6 Å². The first kappa shape index (κ1) is 66.2. The molecule has 4 heterocycles. The predicted octanol–water partition coefficient (Wildman–Crippen LogP) is 4.43. The number of hydrogen-bond acceptors (Lipinski definition) is 20. The Hall–Kier alpha value is -6.96. The van der Waals surface area contributed by atoms with Crippen LogP contribution in [0.15, 0.2) is 73.2 Å². The number of aryl methyl sites for hydroxylation is 3. The first-order valence-electron chi connectivity index (χ1n) is 29.1. The fourth-order valence-corrected chi connectivity index (χ4v) is 9.32. The maximum Gasteiger partial charge on any atom is 0.304 e. The van der Waals surface area contributed by atoms with Crippen LogP contribution in [0.2, 0.25) is 0 Å². The zero-order valence-electron chi connectivity index (χ0n) is 49.3. The van der Waals surface area contributed by atoms with E-state index >= 15 is 0 Å². The highest BCUT2D eigenvalue weighted by Crippen LogP contribution is 2.33. The summed E-state index contributed by atoms with van der Waals surface area (Å²) in [5.41, 5.74) is 2.67. The Morgan fingerprint density at radius 2 is 1.11 bits per heavy atom. The Balaban J connectivity index is 0.837. The molecular weight excluding hydrogens is 1090 g/mol. The van der Waals surface area contributed by atoms with Gasteiger partial charge in [-0.3, -0.25) is 24.0 Å². The van der Waals surface area contributed by atoms with Gasteiger partial charge in [0, 0.05) is 59.3 Å². The van der Waals surface area contributed by atoms with Crippen molar-refractivity contribution in [2.45, 2.75) is 129 Å². The van der Waals surface area contributed by atoms with E-state index in [2.05, 4.69) is 22.9 Å². The summed E-state index contributed by atoms with van der Waals surface area (Å²) in [6, 6.07) is 16.7. The molecule has 0 bridgehead atoms. The second-order valence-corrected chi connectivity index (χ2v) is 20.1. The number of para-hydroxylation sites is 2. The number of rotatable bonds is 23. The zero-order chi connectivity index (χ0) is 59.7. The van der Waals surface area contributed by atoms with Gasteiger partial charge in [0.1, 0.15) is 52.7 Å². The molecule has 24 nitrogen and oxygen atoms in total. The number of unbranched alkanes of at least 4 members (excludes halogenated alkanes) is 6. The Morgan fingerprint density at radius 3 is 1.70 bits per heavy atom. The molecule has 4 aromatic rings. The maximum absolute atomic E-state index is 13.1. The highest BCUT2D eigenvalue weighted by Gasteiger charge is 2.56. The summed E-state index contributed by atoms with van der Waals surface area (Å²) in [5, 5.41) is 11.2. The number of esters is 4. The van der Waals surface area contributed by atoms with Crippen LogP contribution in [0.1, 0.15) is 107 Å². The van der Waals surface area contributed by atoms with Crippen molar-refractivity contribution in [3.8, 4) is 23.0 Å². The molecule has 2 aliphatic heterocycles. The summed E-state index contributed by atoms with van der Waals surface area (Å²) >= 11 is 0. The summed E-state index contributed by atoms with van der Waals surface area (Å²) in [7, 11) is 1.99. The van der Waals surface area contributed by atoms with Crippen LogP contribution < -0.4 is 38.8 Å². The molecule has 2 aliphatic rings. The van der Waals surface area contributed by atoms with E-state index < -0.39 is 54.5 Å². The third-order valence-corrected chi connectivity index (χ3v) is 13.3. The third kappa shape index (κ3) is 24.0. The van der Waals surface area contributed by atoms with Crippen LogP contribution >= 0.6 is 0 Å².